The lowest BCUT2D eigenvalue weighted by Gasteiger charge is -2.30. The second kappa shape index (κ2) is 6.28. The molecular weight excluding hydrogens is 246 g/mol. The molecule has 0 atom stereocenters. The average molecular weight is 263 g/mol. The molecule has 96 valence electrons. The Morgan fingerprint density at radius 1 is 1.18 bits per heavy atom. The zero-order valence-electron chi connectivity index (χ0n) is 9.53. The van der Waals surface area contributed by atoms with Crippen molar-refractivity contribution < 1.29 is 8.78 Å². The number of piperidine rings is 1. The molecule has 0 aromatic heterocycles. The van der Waals surface area contributed by atoms with E-state index >= 15 is 0 Å². The van der Waals surface area contributed by atoms with E-state index in [2.05, 4.69) is 4.90 Å². The summed E-state index contributed by atoms with van der Waals surface area (Å²) in [5, 5.41) is 0. The minimum Gasteiger partial charge on any atom is -0.328 e. The predicted molar refractivity (Wildman–Crippen MR) is 66.1 cm³/mol. The fourth-order valence-corrected chi connectivity index (χ4v) is 2.01. The fourth-order valence-electron chi connectivity index (χ4n) is 2.01. The van der Waals surface area contributed by atoms with Crippen LogP contribution in [0.15, 0.2) is 18.2 Å². The Labute approximate surface area is 106 Å². The normalized spacial score (nSPS) is 17.8. The van der Waals surface area contributed by atoms with Crippen molar-refractivity contribution in [3.05, 3.63) is 35.4 Å². The van der Waals surface area contributed by atoms with Crippen molar-refractivity contribution in [2.24, 2.45) is 5.73 Å². The largest absolute Gasteiger partial charge is 0.328 e. The van der Waals surface area contributed by atoms with Crippen LogP contribution in [0.25, 0.3) is 0 Å². The lowest BCUT2D eigenvalue weighted by molar-refractivity contribution is 0.205. The molecule has 0 aliphatic carbocycles. The van der Waals surface area contributed by atoms with E-state index in [0.717, 1.165) is 31.5 Å². The minimum absolute atomic E-state index is 0. The number of benzene rings is 1. The summed E-state index contributed by atoms with van der Waals surface area (Å²) in [7, 11) is 0. The number of nitrogens with zero attached hydrogens (tertiary/aromatic N) is 1. The monoisotopic (exact) mass is 262 g/mol. The van der Waals surface area contributed by atoms with Crippen molar-refractivity contribution in [1.29, 1.82) is 0 Å². The van der Waals surface area contributed by atoms with Gasteiger partial charge >= 0.3 is 0 Å². The lowest BCUT2D eigenvalue weighted by Crippen LogP contribution is -2.39. The van der Waals surface area contributed by atoms with Crippen LogP contribution < -0.4 is 5.73 Å². The molecule has 0 radical (unpaired) electrons. The Hall–Kier alpha value is -0.710. The molecule has 0 amide bonds. The van der Waals surface area contributed by atoms with Crippen molar-refractivity contribution in [2.75, 3.05) is 13.1 Å². The minimum atomic E-state index is -0.788. The molecule has 0 bridgehead atoms. The number of likely N-dealkylation sites (tertiary alicyclic amines) is 1. The Morgan fingerprint density at radius 2 is 1.82 bits per heavy atom. The molecule has 1 aromatic carbocycles. The first-order valence-electron chi connectivity index (χ1n) is 5.57. The highest BCUT2D eigenvalue weighted by molar-refractivity contribution is 5.85. The number of hydrogen-bond donors (Lipinski definition) is 1. The lowest BCUT2D eigenvalue weighted by atomic mass is 10.1. The van der Waals surface area contributed by atoms with Gasteiger partial charge in [0.2, 0.25) is 0 Å². The molecule has 0 saturated carbocycles. The van der Waals surface area contributed by atoms with Crippen molar-refractivity contribution in [3.8, 4) is 0 Å². The van der Waals surface area contributed by atoms with Crippen LogP contribution in [-0.4, -0.2) is 24.0 Å². The number of halogens is 3. The van der Waals surface area contributed by atoms with Crippen molar-refractivity contribution in [3.63, 3.8) is 0 Å². The molecule has 1 saturated heterocycles. The van der Waals surface area contributed by atoms with Crippen molar-refractivity contribution in [2.45, 2.75) is 25.4 Å². The van der Waals surface area contributed by atoms with Crippen LogP contribution in [0.2, 0.25) is 0 Å². The molecule has 2 N–H and O–H groups in total. The zero-order valence-corrected chi connectivity index (χ0v) is 10.4. The van der Waals surface area contributed by atoms with Gasteiger partial charge in [-0.05, 0) is 43.6 Å². The van der Waals surface area contributed by atoms with Crippen molar-refractivity contribution >= 4 is 12.4 Å². The smallest absolute Gasteiger partial charge is 0.159 e. The maximum Gasteiger partial charge on any atom is 0.159 e. The summed E-state index contributed by atoms with van der Waals surface area (Å²) in [6.45, 7) is 2.53. The second-order valence-electron chi connectivity index (χ2n) is 4.36. The van der Waals surface area contributed by atoms with Crippen LogP contribution in [0.1, 0.15) is 18.4 Å². The summed E-state index contributed by atoms with van der Waals surface area (Å²) in [4.78, 5) is 2.22. The van der Waals surface area contributed by atoms with Crippen LogP contribution in [0, 0.1) is 11.6 Å². The Kier molecular flexibility index (Phi) is 5.31. The summed E-state index contributed by atoms with van der Waals surface area (Å²) < 4.78 is 25.7. The van der Waals surface area contributed by atoms with Crippen LogP contribution in [0.5, 0.6) is 0 Å². The van der Waals surface area contributed by atoms with Gasteiger partial charge in [-0.15, -0.1) is 12.4 Å². The Balaban J connectivity index is 0.00000144. The van der Waals surface area contributed by atoms with Gasteiger partial charge in [0.15, 0.2) is 11.6 Å². The molecule has 17 heavy (non-hydrogen) atoms. The summed E-state index contributed by atoms with van der Waals surface area (Å²) in [6.07, 6.45) is 1.95. The van der Waals surface area contributed by atoms with E-state index in [1.807, 2.05) is 0 Å². The molecule has 1 aromatic rings. The van der Waals surface area contributed by atoms with E-state index < -0.39 is 11.6 Å². The molecular formula is C12H17ClF2N2. The quantitative estimate of drug-likeness (QED) is 0.886. The third-order valence-electron chi connectivity index (χ3n) is 3.02. The molecule has 2 nitrogen and oxygen atoms in total. The average Bonchev–Trinajstić information content (AvgIpc) is 2.27. The highest BCUT2D eigenvalue weighted by atomic mass is 35.5. The molecule has 2 rings (SSSR count). The van der Waals surface area contributed by atoms with E-state index in [1.165, 1.54) is 12.1 Å². The standard InChI is InChI=1S/C12H16F2N2.ClH/c13-11-2-1-9(7-12(11)14)8-16-5-3-10(15)4-6-16;/h1-2,7,10H,3-6,8,15H2;1H. The highest BCUT2D eigenvalue weighted by Gasteiger charge is 2.16. The van der Waals surface area contributed by atoms with E-state index in [9.17, 15) is 8.78 Å². The van der Waals surface area contributed by atoms with Crippen LogP contribution in [-0.2, 0) is 6.54 Å². The summed E-state index contributed by atoms with van der Waals surface area (Å²) >= 11 is 0. The molecule has 1 fully saturated rings. The van der Waals surface area contributed by atoms with Gasteiger partial charge in [-0.2, -0.15) is 0 Å². The SMILES string of the molecule is Cl.NC1CCN(Cc2ccc(F)c(F)c2)CC1. The van der Waals surface area contributed by atoms with Crippen LogP contribution in [0.3, 0.4) is 0 Å². The van der Waals surface area contributed by atoms with Gasteiger partial charge in [0.25, 0.3) is 0 Å². The van der Waals surface area contributed by atoms with E-state index in [4.69, 9.17) is 5.73 Å². The number of rotatable bonds is 2. The summed E-state index contributed by atoms with van der Waals surface area (Å²) in [5.41, 5.74) is 6.61. The number of nitrogens with two attached hydrogens (primary N) is 1. The van der Waals surface area contributed by atoms with Crippen molar-refractivity contribution in [1.82, 2.24) is 4.90 Å². The van der Waals surface area contributed by atoms with Gasteiger partial charge < -0.3 is 5.73 Å². The first kappa shape index (κ1) is 14.4. The number of hydrogen-bond acceptors (Lipinski definition) is 2. The molecule has 0 unspecified atom stereocenters. The van der Waals surface area contributed by atoms with Gasteiger partial charge in [0, 0.05) is 12.6 Å². The molecule has 5 heteroatoms. The van der Waals surface area contributed by atoms with Gasteiger partial charge in [0.05, 0.1) is 0 Å². The van der Waals surface area contributed by atoms with Gasteiger partial charge in [-0.25, -0.2) is 8.78 Å². The molecule has 1 aliphatic rings. The predicted octanol–water partition coefficient (Wildman–Crippen LogP) is 2.31. The van der Waals surface area contributed by atoms with E-state index in [1.54, 1.807) is 6.07 Å². The molecule has 1 aliphatic heterocycles. The molecule has 0 spiro atoms. The van der Waals surface area contributed by atoms with Crippen LogP contribution >= 0.6 is 12.4 Å². The topological polar surface area (TPSA) is 29.3 Å². The van der Waals surface area contributed by atoms with E-state index in [-0.39, 0.29) is 12.4 Å². The first-order valence-corrected chi connectivity index (χ1v) is 5.57. The summed E-state index contributed by atoms with van der Waals surface area (Å²) in [5.74, 6) is -1.56. The highest BCUT2D eigenvalue weighted by Crippen LogP contribution is 2.14. The third-order valence-corrected chi connectivity index (χ3v) is 3.02. The van der Waals surface area contributed by atoms with Crippen LogP contribution in [0.4, 0.5) is 8.78 Å². The fraction of sp³-hybridized carbons (Fsp3) is 0.500. The summed E-state index contributed by atoms with van der Waals surface area (Å²) in [6, 6.07) is 4.37. The Morgan fingerprint density at radius 3 is 2.41 bits per heavy atom. The maximum atomic E-state index is 13.0. The van der Waals surface area contributed by atoms with Gasteiger partial charge in [-0.3, -0.25) is 4.90 Å². The Bertz CT molecular complexity index is 366. The molecule has 1 heterocycles. The first-order chi connectivity index (χ1) is 7.65. The van der Waals surface area contributed by atoms with Gasteiger partial charge in [0.1, 0.15) is 0 Å². The second-order valence-corrected chi connectivity index (χ2v) is 4.36. The maximum absolute atomic E-state index is 13.0. The zero-order chi connectivity index (χ0) is 11.5. The third kappa shape index (κ3) is 3.91. The van der Waals surface area contributed by atoms with E-state index in [0.29, 0.717) is 12.6 Å². The van der Waals surface area contributed by atoms with Gasteiger partial charge in [-0.1, -0.05) is 6.07 Å².